The molecule has 104 valence electrons. The zero-order valence-electron chi connectivity index (χ0n) is 11.3. The largest absolute Gasteiger partial charge is 0.487 e. The Morgan fingerprint density at radius 2 is 1.86 bits per heavy atom. The smallest absolute Gasteiger partial charge is 0.254 e. The normalized spacial score (nSPS) is 14.1. The lowest BCUT2D eigenvalue weighted by molar-refractivity contribution is 0.0178. The minimum Gasteiger partial charge on any atom is -0.487 e. The third-order valence-electron chi connectivity index (χ3n) is 3.35. The summed E-state index contributed by atoms with van der Waals surface area (Å²) in [5.74, 6) is 0.715. The highest BCUT2D eigenvalue weighted by Gasteiger charge is 2.32. The molecule has 21 heavy (non-hydrogen) atoms. The fourth-order valence-corrected chi connectivity index (χ4v) is 2.16. The van der Waals surface area contributed by atoms with Gasteiger partial charge in [0.1, 0.15) is 11.9 Å². The van der Waals surface area contributed by atoms with Crippen molar-refractivity contribution in [1.29, 1.82) is 5.26 Å². The van der Waals surface area contributed by atoms with Crippen molar-refractivity contribution in [3.63, 3.8) is 0 Å². The molecule has 0 atom stereocenters. The van der Waals surface area contributed by atoms with Crippen LogP contribution in [0.4, 0.5) is 0 Å². The van der Waals surface area contributed by atoms with Gasteiger partial charge in [0.2, 0.25) is 0 Å². The predicted octanol–water partition coefficient (Wildman–Crippen LogP) is 1.86. The summed E-state index contributed by atoms with van der Waals surface area (Å²) < 4.78 is 5.75. The molecule has 2 aromatic rings. The Hall–Kier alpha value is -2.87. The lowest BCUT2D eigenvalue weighted by Gasteiger charge is -2.39. The maximum atomic E-state index is 12.1. The molecule has 1 fully saturated rings. The number of carbonyl (C=O) groups excluding carboxylic acids is 1. The number of hydrogen-bond acceptors (Lipinski definition) is 4. The van der Waals surface area contributed by atoms with Crippen molar-refractivity contribution in [1.82, 2.24) is 9.88 Å². The molecule has 1 saturated heterocycles. The molecule has 5 nitrogen and oxygen atoms in total. The van der Waals surface area contributed by atoms with Crippen LogP contribution in [0.25, 0.3) is 0 Å². The molecule has 2 heterocycles. The van der Waals surface area contributed by atoms with Crippen LogP contribution in [0.1, 0.15) is 15.9 Å². The van der Waals surface area contributed by atoms with Crippen LogP contribution in [-0.4, -0.2) is 35.0 Å². The van der Waals surface area contributed by atoms with Gasteiger partial charge in [-0.15, -0.1) is 0 Å². The molecule has 3 rings (SSSR count). The van der Waals surface area contributed by atoms with E-state index >= 15 is 0 Å². The predicted molar refractivity (Wildman–Crippen MR) is 75.7 cm³/mol. The zero-order valence-corrected chi connectivity index (χ0v) is 11.3. The second kappa shape index (κ2) is 5.63. The van der Waals surface area contributed by atoms with E-state index in [2.05, 4.69) is 11.1 Å². The van der Waals surface area contributed by atoms with E-state index in [4.69, 9.17) is 10.00 Å². The average molecular weight is 279 g/mol. The molecule has 0 radical (unpaired) electrons. The van der Waals surface area contributed by atoms with Gasteiger partial charge in [-0.1, -0.05) is 0 Å². The number of aromatic nitrogens is 1. The lowest BCUT2D eigenvalue weighted by atomic mass is 10.1. The SMILES string of the molecule is N#Cc1ccc(OC2CN(C(=O)c3ccncc3)C2)cc1. The number of carbonyl (C=O) groups is 1. The third-order valence-corrected chi connectivity index (χ3v) is 3.35. The first-order chi connectivity index (χ1) is 10.3. The molecule has 0 saturated carbocycles. The molecule has 5 heteroatoms. The monoisotopic (exact) mass is 279 g/mol. The van der Waals surface area contributed by atoms with Gasteiger partial charge in [0.05, 0.1) is 24.7 Å². The van der Waals surface area contributed by atoms with Crippen molar-refractivity contribution < 1.29 is 9.53 Å². The van der Waals surface area contributed by atoms with E-state index in [1.807, 2.05) is 0 Å². The average Bonchev–Trinajstić information content (AvgIpc) is 2.51. The van der Waals surface area contributed by atoms with E-state index in [1.54, 1.807) is 53.7 Å². The van der Waals surface area contributed by atoms with Crippen molar-refractivity contribution in [3.05, 3.63) is 59.9 Å². The molecular formula is C16H13N3O2. The van der Waals surface area contributed by atoms with Crippen molar-refractivity contribution in [2.75, 3.05) is 13.1 Å². The Labute approximate surface area is 122 Å². The zero-order chi connectivity index (χ0) is 14.7. The van der Waals surface area contributed by atoms with Crippen LogP contribution >= 0.6 is 0 Å². The Morgan fingerprint density at radius 1 is 1.19 bits per heavy atom. The summed E-state index contributed by atoms with van der Waals surface area (Å²) in [6.07, 6.45) is 3.22. The van der Waals surface area contributed by atoms with Gasteiger partial charge in [0.15, 0.2) is 0 Å². The molecule has 0 unspecified atom stereocenters. The van der Waals surface area contributed by atoms with E-state index in [0.717, 1.165) is 5.75 Å². The van der Waals surface area contributed by atoms with Crippen LogP contribution in [-0.2, 0) is 0 Å². The minimum absolute atomic E-state index is 0.00271. The van der Waals surface area contributed by atoms with Gasteiger partial charge < -0.3 is 9.64 Å². The molecular weight excluding hydrogens is 266 g/mol. The minimum atomic E-state index is -0.00271. The van der Waals surface area contributed by atoms with Crippen molar-refractivity contribution >= 4 is 5.91 Å². The van der Waals surface area contributed by atoms with Crippen LogP contribution in [0.15, 0.2) is 48.8 Å². The van der Waals surface area contributed by atoms with Crippen LogP contribution in [0.3, 0.4) is 0 Å². The number of ether oxygens (including phenoxy) is 1. The summed E-state index contributed by atoms with van der Waals surface area (Å²) in [5, 5.41) is 8.73. The van der Waals surface area contributed by atoms with Gasteiger partial charge >= 0.3 is 0 Å². The first kappa shape index (κ1) is 13.1. The van der Waals surface area contributed by atoms with Crippen LogP contribution in [0.5, 0.6) is 5.75 Å². The second-order valence-electron chi connectivity index (χ2n) is 4.82. The third kappa shape index (κ3) is 2.84. The fourth-order valence-electron chi connectivity index (χ4n) is 2.16. The number of hydrogen-bond donors (Lipinski definition) is 0. The Morgan fingerprint density at radius 3 is 2.48 bits per heavy atom. The van der Waals surface area contributed by atoms with Gasteiger partial charge in [0.25, 0.3) is 5.91 Å². The summed E-state index contributed by atoms with van der Waals surface area (Å²) >= 11 is 0. The van der Waals surface area contributed by atoms with E-state index in [-0.39, 0.29) is 12.0 Å². The Bertz CT molecular complexity index is 671. The molecule has 1 amide bonds. The molecule has 1 aromatic heterocycles. The number of likely N-dealkylation sites (tertiary alicyclic amines) is 1. The highest BCUT2D eigenvalue weighted by molar-refractivity contribution is 5.94. The number of amides is 1. The van der Waals surface area contributed by atoms with Gasteiger partial charge in [-0.05, 0) is 36.4 Å². The van der Waals surface area contributed by atoms with Crippen LogP contribution < -0.4 is 4.74 Å². The van der Waals surface area contributed by atoms with Crippen molar-refractivity contribution in [3.8, 4) is 11.8 Å². The van der Waals surface area contributed by atoms with Gasteiger partial charge in [0, 0.05) is 18.0 Å². The van der Waals surface area contributed by atoms with E-state index in [9.17, 15) is 4.79 Å². The van der Waals surface area contributed by atoms with Crippen LogP contribution in [0, 0.1) is 11.3 Å². The molecule has 1 aliphatic rings. The molecule has 1 aromatic carbocycles. The molecule has 0 N–H and O–H groups in total. The number of nitrogens with zero attached hydrogens (tertiary/aromatic N) is 3. The topological polar surface area (TPSA) is 66.2 Å². The highest BCUT2D eigenvalue weighted by Crippen LogP contribution is 2.20. The molecule has 0 spiro atoms. The Balaban J connectivity index is 1.54. The van der Waals surface area contributed by atoms with Gasteiger partial charge in [-0.2, -0.15) is 5.26 Å². The maximum absolute atomic E-state index is 12.1. The fraction of sp³-hybridized carbons (Fsp3) is 0.188. The van der Waals surface area contributed by atoms with E-state index < -0.39 is 0 Å². The van der Waals surface area contributed by atoms with E-state index in [0.29, 0.717) is 24.2 Å². The number of rotatable bonds is 3. The Kier molecular flexibility index (Phi) is 3.52. The number of nitriles is 1. The van der Waals surface area contributed by atoms with Gasteiger partial charge in [-0.25, -0.2) is 0 Å². The molecule has 0 bridgehead atoms. The number of benzene rings is 1. The summed E-state index contributed by atoms with van der Waals surface area (Å²) in [6.45, 7) is 1.14. The van der Waals surface area contributed by atoms with Crippen molar-refractivity contribution in [2.24, 2.45) is 0 Å². The summed E-state index contributed by atoms with van der Waals surface area (Å²) in [5.41, 5.74) is 1.24. The summed E-state index contributed by atoms with van der Waals surface area (Å²) in [4.78, 5) is 17.8. The van der Waals surface area contributed by atoms with Crippen LogP contribution in [0.2, 0.25) is 0 Å². The quantitative estimate of drug-likeness (QED) is 0.860. The molecule has 0 aliphatic carbocycles. The van der Waals surface area contributed by atoms with Crippen molar-refractivity contribution in [2.45, 2.75) is 6.10 Å². The maximum Gasteiger partial charge on any atom is 0.254 e. The second-order valence-corrected chi connectivity index (χ2v) is 4.82. The summed E-state index contributed by atoms with van der Waals surface area (Å²) in [7, 11) is 0. The highest BCUT2D eigenvalue weighted by atomic mass is 16.5. The molecule has 1 aliphatic heterocycles. The summed E-state index contributed by atoms with van der Waals surface area (Å²) in [6, 6.07) is 12.4. The number of pyridine rings is 1. The standard InChI is InChI=1S/C16H13N3O2/c17-9-12-1-3-14(4-2-12)21-15-10-19(11-15)16(20)13-5-7-18-8-6-13/h1-8,15H,10-11H2. The lowest BCUT2D eigenvalue weighted by Crippen LogP contribution is -2.56. The first-order valence-electron chi connectivity index (χ1n) is 6.62. The van der Waals surface area contributed by atoms with E-state index in [1.165, 1.54) is 0 Å². The first-order valence-corrected chi connectivity index (χ1v) is 6.62. The van der Waals surface area contributed by atoms with Gasteiger partial charge in [-0.3, -0.25) is 9.78 Å².